The van der Waals surface area contributed by atoms with Crippen molar-refractivity contribution in [2.75, 3.05) is 12.2 Å². The SMILES string of the molecule is CCC(C)(C)c1ccc(OC)c(C2C([N+](=O)[O-])C(c3ccccc3)ON2c2ccccc2)c1. The number of anilines is 1. The lowest BCUT2D eigenvalue weighted by molar-refractivity contribution is -0.531. The molecule has 0 amide bonds. The van der Waals surface area contributed by atoms with Crippen molar-refractivity contribution >= 4 is 5.69 Å². The molecule has 1 fully saturated rings. The zero-order chi connectivity index (χ0) is 23.6. The molecule has 0 saturated carbocycles. The molecule has 3 atom stereocenters. The van der Waals surface area contributed by atoms with E-state index in [1.165, 1.54) is 0 Å². The molecule has 33 heavy (non-hydrogen) atoms. The van der Waals surface area contributed by atoms with E-state index in [2.05, 4.69) is 26.8 Å². The Morgan fingerprint density at radius 3 is 2.24 bits per heavy atom. The zero-order valence-corrected chi connectivity index (χ0v) is 19.5. The Morgan fingerprint density at radius 1 is 1.03 bits per heavy atom. The summed E-state index contributed by atoms with van der Waals surface area (Å²) in [5.74, 6) is 0.612. The maximum Gasteiger partial charge on any atom is 0.272 e. The number of nitrogens with zero attached hydrogens (tertiary/aromatic N) is 2. The van der Waals surface area contributed by atoms with Crippen LogP contribution in [0.15, 0.2) is 78.9 Å². The molecule has 0 aliphatic carbocycles. The Kier molecular flexibility index (Phi) is 6.38. The molecule has 1 aliphatic rings. The van der Waals surface area contributed by atoms with Gasteiger partial charge in [0, 0.05) is 10.5 Å². The summed E-state index contributed by atoms with van der Waals surface area (Å²) < 4.78 is 5.71. The highest BCUT2D eigenvalue weighted by Crippen LogP contribution is 2.48. The summed E-state index contributed by atoms with van der Waals surface area (Å²) in [5, 5.41) is 14.2. The molecule has 6 nitrogen and oxygen atoms in total. The third-order valence-electron chi connectivity index (χ3n) is 6.71. The van der Waals surface area contributed by atoms with E-state index in [0.717, 1.165) is 28.8 Å². The first-order valence-electron chi connectivity index (χ1n) is 11.2. The Hall–Kier alpha value is -3.38. The lowest BCUT2D eigenvalue weighted by Gasteiger charge is -2.29. The van der Waals surface area contributed by atoms with Crippen LogP contribution in [0, 0.1) is 10.1 Å². The van der Waals surface area contributed by atoms with E-state index in [4.69, 9.17) is 9.57 Å². The van der Waals surface area contributed by atoms with E-state index in [9.17, 15) is 10.1 Å². The molecular weight excluding hydrogens is 416 g/mol. The molecule has 172 valence electrons. The number of rotatable bonds is 7. The maximum atomic E-state index is 12.5. The third kappa shape index (κ3) is 4.31. The number of methoxy groups -OCH3 is 1. The van der Waals surface area contributed by atoms with E-state index in [1.54, 1.807) is 12.2 Å². The standard InChI is InChI=1S/C27H30N2O4/c1-5-27(2,3)20-16-17-23(32-4)22(18-20)24-25(29(30)31)26(19-12-8-6-9-13-19)33-28(24)21-14-10-7-11-15-21/h6-18,24-26H,5H2,1-4H3. The normalized spacial score (nSPS) is 20.6. The highest BCUT2D eigenvalue weighted by atomic mass is 16.7. The van der Waals surface area contributed by atoms with Gasteiger partial charge < -0.3 is 4.74 Å². The largest absolute Gasteiger partial charge is 0.496 e. The van der Waals surface area contributed by atoms with E-state index < -0.39 is 18.2 Å². The Morgan fingerprint density at radius 2 is 1.67 bits per heavy atom. The molecule has 0 spiro atoms. The summed E-state index contributed by atoms with van der Waals surface area (Å²) in [7, 11) is 1.60. The monoisotopic (exact) mass is 446 g/mol. The minimum absolute atomic E-state index is 0.0823. The quantitative estimate of drug-likeness (QED) is 0.316. The average molecular weight is 447 g/mol. The smallest absolute Gasteiger partial charge is 0.272 e. The van der Waals surface area contributed by atoms with Crippen molar-refractivity contribution in [1.29, 1.82) is 0 Å². The van der Waals surface area contributed by atoms with Crippen molar-refractivity contribution in [3.8, 4) is 5.75 Å². The van der Waals surface area contributed by atoms with E-state index in [1.807, 2.05) is 72.8 Å². The van der Waals surface area contributed by atoms with Crippen molar-refractivity contribution in [3.63, 3.8) is 0 Å². The van der Waals surface area contributed by atoms with Crippen LogP contribution in [-0.2, 0) is 10.3 Å². The molecule has 0 radical (unpaired) electrons. The number of hydrogen-bond donors (Lipinski definition) is 0. The van der Waals surface area contributed by atoms with Crippen LogP contribution < -0.4 is 9.80 Å². The van der Waals surface area contributed by atoms with Crippen LogP contribution in [0.1, 0.15) is 56.0 Å². The van der Waals surface area contributed by atoms with E-state index >= 15 is 0 Å². The van der Waals surface area contributed by atoms with Gasteiger partial charge in [-0.05, 0) is 47.2 Å². The third-order valence-corrected chi connectivity index (χ3v) is 6.71. The van der Waals surface area contributed by atoms with Gasteiger partial charge in [-0.1, -0.05) is 75.4 Å². The summed E-state index contributed by atoms with van der Waals surface area (Å²) >= 11 is 0. The minimum Gasteiger partial charge on any atom is -0.496 e. The van der Waals surface area contributed by atoms with Crippen molar-refractivity contribution in [3.05, 3.63) is 106 Å². The predicted octanol–water partition coefficient (Wildman–Crippen LogP) is 6.26. The predicted molar refractivity (Wildman–Crippen MR) is 129 cm³/mol. The number of nitro groups is 1. The molecule has 0 N–H and O–H groups in total. The summed E-state index contributed by atoms with van der Waals surface area (Å²) in [5.41, 5.74) is 3.31. The second kappa shape index (κ2) is 9.24. The number of benzene rings is 3. The van der Waals surface area contributed by atoms with Gasteiger partial charge in [-0.15, -0.1) is 0 Å². The molecule has 0 bridgehead atoms. The Bertz CT molecular complexity index is 1100. The van der Waals surface area contributed by atoms with Gasteiger partial charge in [0.2, 0.25) is 0 Å². The van der Waals surface area contributed by atoms with Crippen LogP contribution in [0.5, 0.6) is 5.75 Å². The maximum absolute atomic E-state index is 12.5. The number of hydrogen-bond acceptors (Lipinski definition) is 5. The van der Waals surface area contributed by atoms with Crippen LogP contribution in [0.2, 0.25) is 0 Å². The lowest BCUT2D eigenvalue weighted by atomic mass is 9.80. The van der Waals surface area contributed by atoms with Gasteiger partial charge in [-0.3, -0.25) is 15.0 Å². The van der Waals surface area contributed by atoms with Crippen molar-refractivity contribution in [1.82, 2.24) is 0 Å². The first kappa shape index (κ1) is 22.8. The highest BCUT2D eigenvalue weighted by molar-refractivity contribution is 5.52. The lowest BCUT2D eigenvalue weighted by Crippen LogP contribution is -2.33. The number of para-hydroxylation sites is 1. The van der Waals surface area contributed by atoms with Gasteiger partial charge in [0.25, 0.3) is 6.04 Å². The van der Waals surface area contributed by atoms with Crippen molar-refractivity contribution < 1.29 is 14.5 Å². The molecule has 0 aromatic heterocycles. The van der Waals surface area contributed by atoms with Crippen LogP contribution in [0.4, 0.5) is 5.69 Å². The summed E-state index contributed by atoms with van der Waals surface area (Å²) in [6.07, 6.45) is 0.201. The van der Waals surface area contributed by atoms with Crippen LogP contribution in [-0.4, -0.2) is 18.1 Å². The molecular formula is C27H30N2O4. The van der Waals surface area contributed by atoms with E-state index in [0.29, 0.717) is 5.75 Å². The first-order chi connectivity index (χ1) is 15.9. The summed E-state index contributed by atoms with van der Waals surface area (Å²) in [6.45, 7) is 6.50. The fourth-order valence-corrected chi connectivity index (χ4v) is 4.38. The first-order valence-corrected chi connectivity index (χ1v) is 11.2. The molecule has 1 heterocycles. The van der Waals surface area contributed by atoms with E-state index in [-0.39, 0.29) is 10.3 Å². The van der Waals surface area contributed by atoms with Crippen LogP contribution >= 0.6 is 0 Å². The average Bonchev–Trinajstić information content (AvgIpc) is 3.25. The van der Waals surface area contributed by atoms with Gasteiger partial charge in [-0.25, -0.2) is 5.06 Å². The second-order valence-corrected chi connectivity index (χ2v) is 9.01. The van der Waals surface area contributed by atoms with Gasteiger partial charge in [0.05, 0.1) is 12.8 Å². The number of hydroxylamine groups is 1. The van der Waals surface area contributed by atoms with Crippen molar-refractivity contribution in [2.24, 2.45) is 0 Å². The fraction of sp³-hybridized carbons (Fsp3) is 0.333. The topological polar surface area (TPSA) is 64.8 Å². The molecule has 3 aromatic rings. The van der Waals surface area contributed by atoms with Gasteiger partial charge in [0.1, 0.15) is 5.75 Å². The van der Waals surface area contributed by atoms with Crippen LogP contribution in [0.3, 0.4) is 0 Å². The van der Waals surface area contributed by atoms with Crippen LogP contribution in [0.25, 0.3) is 0 Å². The zero-order valence-electron chi connectivity index (χ0n) is 19.5. The van der Waals surface area contributed by atoms with Crippen molar-refractivity contribution in [2.45, 2.75) is 50.8 Å². The molecule has 6 heteroatoms. The Balaban J connectivity index is 1.92. The molecule has 4 rings (SSSR count). The summed E-state index contributed by atoms with van der Waals surface area (Å²) in [4.78, 5) is 18.7. The minimum atomic E-state index is -1.03. The highest BCUT2D eigenvalue weighted by Gasteiger charge is 2.54. The molecule has 1 aliphatic heterocycles. The molecule has 3 aromatic carbocycles. The Labute approximate surface area is 194 Å². The van der Waals surface area contributed by atoms with Gasteiger partial charge >= 0.3 is 0 Å². The number of ether oxygens (including phenoxy) is 1. The van der Waals surface area contributed by atoms with Gasteiger partial charge in [-0.2, -0.15) is 0 Å². The summed E-state index contributed by atoms with van der Waals surface area (Å²) in [6, 6.07) is 23.2. The second-order valence-electron chi connectivity index (χ2n) is 9.01. The van der Waals surface area contributed by atoms with Gasteiger partial charge in [0.15, 0.2) is 12.1 Å². The fourth-order valence-electron chi connectivity index (χ4n) is 4.38. The molecule has 1 saturated heterocycles. The molecule has 3 unspecified atom stereocenters.